The Bertz CT molecular complexity index is 995. The molecule has 0 radical (unpaired) electrons. The minimum atomic E-state index is -0.421. The summed E-state index contributed by atoms with van der Waals surface area (Å²) in [5, 5.41) is 14.1. The molecule has 1 N–H and O–H groups in total. The lowest BCUT2D eigenvalue weighted by atomic mass is 10.1. The largest absolute Gasteiger partial charge is 0.321 e. The van der Waals surface area contributed by atoms with E-state index in [0.717, 1.165) is 16.3 Å². The summed E-state index contributed by atoms with van der Waals surface area (Å²) in [5.41, 5.74) is 1.73. The number of nitriles is 1. The SMILES string of the molecule is N#C/C(=C\C=C\c1ccccc1)C(=O)Nc1ccc2ccccc2c1. The first-order valence-electron chi connectivity index (χ1n) is 7.90. The molecule has 3 rings (SSSR count). The quantitative estimate of drug-likeness (QED) is 0.420. The maximum absolute atomic E-state index is 12.3. The monoisotopic (exact) mass is 324 g/mol. The molecule has 3 nitrogen and oxygen atoms in total. The molecule has 3 aromatic carbocycles. The van der Waals surface area contributed by atoms with E-state index in [2.05, 4.69) is 5.32 Å². The van der Waals surface area contributed by atoms with Crippen molar-refractivity contribution in [3.05, 3.63) is 96.1 Å². The van der Waals surface area contributed by atoms with Crippen molar-refractivity contribution in [1.29, 1.82) is 5.26 Å². The van der Waals surface area contributed by atoms with Gasteiger partial charge >= 0.3 is 0 Å². The van der Waals surface area contributed by atoms with Crippen LogP contribution in [0.1, 0.15) is 5.56 Å². The van der Waals surface area contributed by atoms with Crippen molar-refractivity contribution in [1.82, 2.24) is 0 Å². The summed E-state index contributed by atoms with van der Waals surface area (Å²) in [6, 6.07) is 25.2. The summed E-state index contributed by atoms with van der Waals surface area (Å²) in [6.07, 6.45) is 5.07. The predicted molar refractivity (Wildman–Crippen MR) is 102 cm³/mol. The molecule has 25 heavy (non-hydrogen) atoms. The molecule has 0 fully saturated rings. The van der Waals surface area contributed by atoms with Crippen molar-refractivity contribution < 1.29 is 4.79 Å². The van der Waals surface area contributed by atoms with Gasteiger partial charge in [-0.3, -0.25) is 4.79 Å². The topological polar surface area (TPSA) is 52.9 Å². The minimum absolute atomic E-state index is 0.0559. The van der Waals surface area contributed by atoms with Crippen molar-refractivity contribution in [3.63, 3.8) is 0 Å². The molecule has 0 aromatic heterocycles. The number of allylic oxidation sites excluding steroid dienone is 2. The number of carbonyl (C=O) groups is 1. The van der Waals surface area contributed by atoms with Gasteiger partial charge in [0.25, 0.3) is 5.91 Å². The highest BCUT2D eigenvalue weighted by atomic mass is 16.1. The maximum atomic E-state index is 12.3. The highest BCUT2D eigenvalue weighted by Gasteiger charge is 2.08. The van der Waals surface area contributed by atoms with Crippen LogP contribution in [0.25, 0.3) is 16.8 Å². The Kier molecular flexibility index (Phi) is 5.04. The third-order valence-corrected chi connectivity index (χ3v) is 3.72. The number of amides is 1. The van der Waals surface area contributed by atoms with Gasteiger partial charge in [-0.15, -0.1) is 0 Å². The molecule has 0 unspecified atom stereocenters. The lowest BCUT2D eigenvalue weighted by Crippen LogP contribution is -2.13. The molecule has 0 atom stereocenters. The number of nitrogens with zero attached hydrogens (tertiary/aromatic N) is 1. The molecule has 0 spiro atoms. The van der Waals surface area contributed by atoms with Gasteiger partial charge < -0.3 is 5.32 Å². The molecule has 0 saturated heterocycles. The number of carbonyl (C=O) groups excluding carboxylic acids is 1. The second-order valence-electron chi connectivity index (χ2n) is 5.48. The Balaban J connectivity index is 1.74. The second-order valence-corrected chi connectivity index (χ2v) is 5.48. The van der Waals surface area contributed by atoms with E-state index in [1.165, 1.54) is 6.08 Å². The van der Waals surface area contributed by atoms with Crippen LogP contribution < -0.4 is 5.32 Å². The standard InChI is InChI=1S/C22H16N2O/c23-16-20(12-6-9-17-7-2-1-3-8-17)22(25)24-21-14-13-18-10-4-5-11-19(18)15-21/h1-15H,(H,24,25)/b9-6+,20-12+. The highest BCUT2D eigenvalue weighted by molar-refractivity contribution is 6.07. The van der Waals surface area contributed by atoms with Crippen molar-refractivity contribution >= 4 is 28.4 Å². The number of anilines is 1. The molecule has 1 amide bonds. The van der Waals surface area contributed by atoms with Crippen LogP contribution in [0, 0.1) is 11.3 Å². The molecular formula is C22H16N2O. The predicted octanol–water partition coefficient (Wildman–Crippen LogP) is 4.94. The summed E-state index contributed by atoms with van der Waals surface area (Å²) >= 11 is 0. The maximum Gasteiger partial charge on any atom is 0.266 e. The van der Waals surface area contributed by atoms with Crippen molar-refractivity contribution in [2.45, 2.75) is 0 Å². The van der Waals surface area contributed by atoms with Gasteiger partial charge in [-0.05, 0) is 34.5 Å². The lowest BCUT2D eigenvalue weighted by molar-refractivity contribution is -0.112. The Hall–Kier alpha value is -3.64. The van der Waals surface area contributed by atoms with Gasteiger partial charge in [0, 0.05) is 5.69 Å². The summed E-state index contributed by atoms with van der Waals surface area (Å²) in [6.45, 7) is 0. The van der Waals surface area contributed by atoms with Crippen LogP contribution in [0.4, 0.5) is 5.69 Å². The fourth-order valence-corrected chi connectivity index (χ4v) is 2.45. The molecular weight excluding hydrogens is 308 g/mol. The van der Waals surface area contributed by atoms with E-state index >= 15 is 0 Å². The first-order valence-corrected chi connectivity index (χ1v) is 7.90. The number of benzene rings is 3. The van der Waals surface area contributed by atoms with Gasteiger partial charge in [0.15, 0.2) is 0 Å². The van der Waals surface area contributed by atoms with Crippen LogP contribution in [0.15, 0.2) is 90.5 Å². The third kappa shape index (κ3) is 4.21. The number of rotatable bonds is 4. The molecule has 3 aromatic rings. The van der Waals surface area contributed by atoms with Gasteiger partial charge in [-0.2, -0.15) is 5.26 Å². The molecule has 0 bridgehead atoms. The van der Waals surface area contributed by atoms with Crippen LogP contribution in [0.2, 0.25) is 0 Å². The van der Waals surface area contributed by atoms with Gasteiger partial charge in [0.05, 0.1) is 0 Å². The van der Waals surface area contributed by atoms with E-state index < -0.39 is 5.91 Å². The summed E-state index contributed by atoms with van der Waals surface area (Å²) in [5.74, 6) is -0.421. The Morgan fingerprint density at radius 2 is 1.64 bits per heavy atom. The van der Waals surface area contributed by atoms with E-state index in [1.54, 1.807) is 6.08 Å². The first kappa shape index (κ1) is 16.2. The van der Waals surface area contributed by atoms with Crippen LogP contribution in [0.5, 0.6) is 0 Å². The molecule has 0 aliphatic carbocycles. The number of hydrogen-bond donors (Lipinski definition) is 1. The average molecular weight is 324 g/mol. The van der Waals surface area contributed by atoms with E-state index in [0.29, 0.717) is 5.69 Å². The number of hydrogen-bond acceptors (Lipinski definition) is 2. The van der Waals surface area contributed by atoms with Gasteiger partial charge in [0.2, 0.25) is 0 Å². The van der Waals surface area contributed by atoms with Crippen LogP contribution in [-0.4, -0.2) is 5.91 Å². The Labute approximate surface area is 146 Å². The third-order valence-electron chi connectivity index (χ3n) is 3.72. The smallest absolute Gasteiger partial charge is 0.266 e. The molecule has 0 saturated carbocycles. The Morgan fingerprint density at radius 1 is 0.920 bits per heavy atom. The van der Waals surface area contributed by atoms with E-state index in [9.17, 15) is 10.1 Å². The highest BCUT2D eigenvalue weighted by Crippen LogP contribution is 2.19. The summed E-state index contributed by atoms with van der Waals surface area (Å²) in [7, 11) is 0. The molecule has 0 heterocycles. The van der Waals surface area contributed by atoms with Crippen molar-refractivity contribution in [3.8, 4) is 6.07 Å². The lowest BCUT2D eigenvalue weighted by Gasteiger charge is -2.05. The van der Waals surface area contributed by atoms with E-state index in [-0.39, 0.29) is 5.57 Å². The van der Waals surface area contributed by atoms with E-state index in [4.69, 9.17) is 0 Å². The zero-order valence-corrected chi connectivity index (χ0v) is 13.5. The van der Waals surface area contributed by atoms with Gasteiger partial charge in [-0.1, -0.05) is 72.8 Å². The van der Waals surface area contributed by atoms with Crippen LogP contribution >= 0.6 is 0 Å². The second kappa shape index (κ2) is 7.76. The molecule has 0 aliphatic heterocycles. The van der Waals surface area contributed by atoms with Crippen LogP contribution in [0.3, 0.4) is 0 Å². The molecule has 0 aliphatic rings. The van der Waals surface area contributed by atoms with Gasteiger partial charge in [0.1, 0.15) is 11.6 Å². The zero-order valence-electron chi connectivity index (χ0n) is 13.5. The van der Waals surface area contributed by atoms with E-state index in [1.807, 2.05) is 84.9 Å². The van der Waals surface area contributed by atoms with Crippen molar-refractivity contribution in [2.24, 2.45) is 0 Å². The zero-order chi connectivity index (χ0) is 17.5. The van der Waals surface area contributed by atoms with Crippen molar-refractivity contribution in [2.75, 3.05) is 5.32 Å². The van der Waals surface area contributed by atoms with Crippen LogP contribution in [-0.2, 0) is 4.79 Å². The summed E-state index contributed by atoms with van der Waals surface area (Å²) in [4.78, 5) is 12.3. The fourth-order valence-electron chi connectivity index (χ4n) is 2.45. The first-order chi connectivity index (χ1) is 12.3. The van der Waals surface area contributed by atoms with Gasteiger partial charge in [-0.25, -0.2) is 0 Å². The molecule has 120 valence electrons. The average Bonchev–Trinajstić information content (AvgIpc) is 2.66. The normalized spacial score (nSPS) is 11.4. The Morgan fingerprint density at radius 3 is 2.40 bits per heavy atom. The summed E-state index contributed by atoms with van der Waals surface area (Å²) < 4.78 is 0. The fraction of sp³-hybridized carbons (Fsp3) is 0. The number of nitrogens with one attached hydrogen (secondary N) is 1. The minimum Gasteiger partial charge on any atom is -0.321 e. The number of fused-ring (bicyclic) bond motifs is 1. The molecule has 3 heteroatoms.